The van der Waals surface area contributed by atoms with E-state index in [1.165, 1.54) is 17.1 Å². The summed E-state index contributed by atoms with van der Waals surface area (Å²) in [6.45, 7) is 1.67. The number of alkyl halides is 1. The van der Waals surface area contributed by atoms with Crippen molar-refractivity contribution in [1.82, 2.24) is 4.31 Å². The van der Waals surface area contributed by atoms with Crippen molar-refractivity contribution < 1.29 is 12.8 Å². The molecule has 1 heterocycles. The minimum atomic E-state index is -3.49. The first-order chi connectivity index (χ1) is 9.46. The van der Waals surface area contributed by atoms with E-state index < -0.39 is 10.0 Å². The number of aryl methyl sites for hydroxylation is 1. The van der Waals surface area contributed by atoms with Crippen LogP contribution in [0.4, 0.5) is 0 Å². The highest BCUT2D eigenvalue weighted by atomic mass is 35.5. The van der Waals surface area contributed by atoms with Gasteiger partial charge in [0.15, 0.2) is 0 Å². The van der Waals surface area contributed by atoms with E-state index in [2.05, 4.69) is 0 Å². The summed E-state index contributed by atoms with van der Waals surface area (Å²) in [5, 5.41) is 0. The molecule has 1 saturated carbocycles. The van der Waals surface area contributed by atoms with Crippen LogP contribution in [0.2, 0.25) is 0 Å². The molecule has 1 aliphatic carbocycles. The van der Waals surface area contributed by atoms with Crippen molar-refractivity contribution >= 4 is 21.6 Å². The van der Waals surface area contributed by atoms with Crippen molar-refractivity contribution in [2.45, 2.75) is 62.3 Å². The third kappa shape index (κ3) is 3.21. The molecular weight excluding hydrogens is 298 g/mol. The fourth-order valence-electron chi connectivity index (χ4n) is 2.82. The SMILES string of the molecule is Cc1oc(CCl)cc1S(=O)(=O)N(C)C1CCCCCC1. The lowest BCUT2D eigenvalue weighted by Gasteiger charge is -2.26. The first-order valence-electron chi connectivity index (χ1n) is 7.10. The summed E-state index contributed by atoms with van der Waals surface area (Å²) >= 11 is 5.71. The summed E-state index contributed by atoms with van der Waals surface area (Å²) in [5.74, 6) is 1.10. The van der Waals surface area contributed by atoms with E-state index in [9.17, 15) is 8.42 Å². The van der Waals surface area contributed by atoms with E-state index >= 15 is 0 Å². The highest BCUT2D eigenvalue weighted by Crippen LogP contribution is 2.29. The normalized spacial score (nSPS) is 18.4. The third-order valence-corrected chi connectivity index (χ3v) is 6.33. The van der Waals surface area contributed by atoms with Crippen molar-refractivity contribution in [2.24, 2.45) is 0 Å². The smallest absolute Gasteiger partial charge is 0.246 e. The lowest BCUT2D eigenvalue weighted by molar-refractivity contribution is 0.335. The Morgan fingerprint density at radius 2 is 1.90 bits per heavy atom. The molecule has 0 bridgehead atoms. The average molecular weight is 320 g/mol. The Morgan fingerprint density at radius 3 is 2.40 bits per heavy atom. The van der Waals surface area contributed by atoms with Gasteiger partial charge in [0.05, 0.1) is 5.88 Å². The Morgan fingerprint density at radius 1 is 1.30 bits per heavy atom. The van der Waals surface area contributed by atoms with E-state index in [4.69, 9.17) is 16.0 Å². The van der Waals surface area contributed by atoms with Crippen molar-refractivity contribution in [2.75, 3.05) is 7.05 Å². The Balaban J connectivity index is 2.25. The molecule has 0 spiro atoms. The Hall–Kier alpha value is -0.520. The average Bonchev–Trinajstić information content (AvgIpc) is 2.64. The van der Waals surface area contributed by atoms with Crippen LogP contribution < -0.4 is 0 Å². The standard InChI is InChI=1S/C14H22ClNO3S/c1-11-14(9-13(10-15)19-11)20(17,18)16(2)12-7-5-3-4-6-8-12/h9,12H,3-8,10H2,1-2H3. The second-order valence-electron chi connectivity index (χ2n) is 5.43. The first kappa shape index (κ1) is 15.9. The van der Waals surface area contributed by atoms with Gasteiger partial charge in [0.1, 0.15) is 16.4 Å². The minimum absolute atomic E-state index is 0.0938. The van der Waals surface area contributed by atoms with Crippen LogP contribution >= 0.6 is 11.6 Å². The van der Waals surface area contributed by atoms with Crippen LogP contribution in [-0.2, 0) is 15.9 Å². The van der Waals surface area contributed by atoms with Gasteiger partial charge in [-0.1, -0.05) is 25.7 Å². The molecule has 1 fully saturated rings. The lowest BCUT2D eigenvalue weighted by Crippen LogP contribution is -2.36. The van der Waals surface area contributed by atoms with Gasteiger partial charge in [-0.3, -0.25) is 0 Å². The van der Waals surface area contributed by atoms with E-state index in [0.29, 0.717) is 11.5 Å². The molecule has 1 aliphatic rings. The van der Waals surface area contributed by atoms with E-state index in [0.717, 1.165) is 25.7 Å². The van der Waals surface area contributed by atoms with Gasteiger partial charge < -0.3 is 4.42 Å². The van der Waals surface area contributed by atoms with E-state index in [-0.39, 0.29) is 16.8 Å². The largest absolute Gasteiger partial charge is 0.464 e. The lowest BCUT2D eigenvalue weighted by atomic mass is 10.1. The van der Waals surface area contributed by atoms with Gasteiger partial charge in [-0.05, 0) is 19.8 Å². The number of furan rings is 1. The zero-order valence-corrected chi connectivity index (χ0v) is 13.6. The summed E-state index contributed by atoms with van der Waals surface area (Å²) in [6, 6.07) is 1.64. The second kappa shape index (κ2) is 6.50. The third-order valence-electron chi connectivity index (χ3n) is 4.05. The Bertz CT molecular complexity index is 545. The summed E-state index contributed by atoms with van der Waals surface area (Å²) in [6.07, 6.45) is 6.48. The molecule has 114 valence electrons. The summed E-state index contributed by atoms with van der Waals surface area (Å²) in [4.78, 5) is 0.250. The minimum Gasteiger partial charge on any atom is -0.464 e. The maximum absolute atomic E-state index is 12.7. The Labute approximate surface area is 126 Å². The van der Waals surface area contributed by atoms with Crippen LogP contribution in [-0.4, -0.2) is 25.8 Å². The number of hydrogen-bond donors (Lipinski definition) is 0. The molecule has 2 rings (SSSR count). The van der Waals surface area contributed by atoms with Crippen LogP contribution in [0.25, 0.3) is 0 Å². The molecule has 0 aliphatic heterocycles. The van der Waals surface area contributed by atoms with Gasteiger partial charge in [-0.2, -0.15) is 4.31 Å². The molecule has 4 nitrogen and oxygen atoms in total. The number of nitrogens with zero attached hydrogens (tertiary/aromatic N) is 1. The number of hydrogen-bond acceptors (Lipinski definition) is 3. The first-order valence-corrected chi connectivity index (χ1v) is 9.07. The molecule has 1 aromatic heterocycles. The van der Waals surface area contributed by atoms with Crippen molar-refractivity contribution in [3.63, 3.8) is 0 Å². The van der Waals surface area contributed by atoms with E-state index in [1.54, 1.807) is 20.0 Å². The van der Waals surface area contributed by atoms with Gasteiger partial charge in [-0.25, -0.2) is 8.42 Å². The van der Waals surface area contributed by atoms with Gasteiger partial charge in [0.2, 0.25) is 10.0 Å². The molecule has 0 N–H and O–H groups in total. The van der Waals surface area contributed by atoms with E-state index in [1.807, 2.05) is 0 Å². The van der Waals surface area contributed by atoms with Gasteiger partial charge >= 0.3 is 0 Å². The molecule has 0 amide bonds. The zero-order chi connectivity index (χ0) is 14.8. The fraction of sp³-hybridized carbons (Fsp3) is 0.714. The molecule has 0 atom stereocenters. The summed E-state index contributed by atoms with van der Waals surface area (Å²) in [7, 11) is -1.82. The highest BCUT2D eigenvalue weighted by Gasteiger charge is 2.31. The van der Waals surface area contributed by atoms with Crippen LogP contribution in [0.3, 0.4) is 0 Å². The number of halogens is 1. The topological polar surface area (TPSA) is 50.5 Å². The molecule has 0 saturated heterocycles. The van der Waals surface area contributed by atoms with Gasteiger partial charge in [0.25, 0.3) is 0 Å². The molecule has 0 radical (unpaired) electrons. The van der Waals surface area contributed by atoms with Gasteiger partial charge in [-0.15, -0.1) is 11.6 Å². The van der Waals surface area contributed by atoms with Crippen molar-refractivity contribution in [3.8, 4) is 0 Å². The molecule has 6 heteroatoms. The van der Waals surface area contributed by atoms with Crippen LogP contribution in [0, 0.1) is 6.92 Å². The maximum Gasteiger partial charge on any atom is 0.246 e. The molecule has 0 aromatic carbocycles. The maximum atomic E-state index is 12.7. The summed E-state index contributed by atoms with van der Waals surface area (Å²) in [5.41, 5.74) is 0. The predicted molar refractivity (Wildman–Crippen MR) is 79.4 cm³/mol. The predicted octanol–water partition coefficient (Wildman–Crippen LogP) is 3.67. The van der Waals surface area contributed by atoms with Crippen molar-refractivity contribution in [3.05, 3.63) is 17.6 Å². The summed E-state index contributed by atoms with van der Waals surface area (Å²) < 4.78 is 32.3. The molecule has 1 aromatic rings. The molecule has 0 unspecified atom stereocenters. The highest BCUT2D eigenvalue weighted by molar-refractivity contribution is 7.89. The van der Waals surface area contributed by atoms with Crippen molar-refractivity contribution in [1.29, 1.82) is 0 Å². The fourth-order valence-corrected chi connectivity index (χ4v) is 4.55. The zero-order valence-electron chi connectivity index (χ0n) is 12.1. The molecule has 20 heavy (non-hydrogen) atoms. The van der Waals surface area contributed by atoms with Crippen LogP contribution in [0.15, 0.2) is 15.4 Å². The van der Waals surface area contributed by atoms with Gasteiger partial charge in [0, 0.05) is 19.2 Å². The number of rotatable bonds is 4. The van der Waals surface area contributed by atoms with Crippen LogP contribution in [0.5, 0.6) is 0 Å². The Kier molecular flexibility index (Phi) is 5.15. The molecular formula is C14H22ClNO3S. The second-order valence-corrected chi connectivity index (χ2v) is 7.67. The monoisotopic (exact) mass is 319 g/mol. The number of sulfonamides is 1. The quantitative estimate of drug-likeness (QED) is 0.628. The van der Waals surface area contributed by atoms with Crippen LogP contribution in [0.1, 0.15) is 50.0 Å².